The Labute approximate surface area is 264 Å². The molecule has 7 nitrogen and oxygen atoms in total. The zero-order chi connectivity index (χ0) is 31.1. The Hall–Kier alpha value is -3.17. The van der Waals surface area contributed by atoms with Gasteiger partial charge in [-0.1, -0.05) is 91.0 Å². The van der Waals surface area contributed by atoms with Crippen molar-refractivity contribution >= 4 is 43.5 Å². The number of benzene rings is 3. The van der Waals surface area contributed by atoms with Crippen LogP contribution in [0.15, 0.2) is 82.2 Å². The molecular weight excluding hydrogens is 626 g/mol. The van der Waals surface area contributed by atoms with E-state index in [1.807, 2.05) is 43.3 Å². The maximum Gasteiger partial charge on any atom is 0.264 e. The number of rotatable bonds is 11. The van der Waals surface area contributed by atoms with Gasteiger partial charge in [0.1, 0.15) is 12.6 Å². The second kappa shape index (κ2) is 14.5. The van der Waals surface area contributed by atoms with E-state index in [2.05, 4.69) is 35.1 Å². The average Bonchev–Trinajstić information content (AvgIpc) is 2.99. The molecule has 1 aliphatic carbocycles. The van der Waals surface area contributed by atoms with Crippen molar-refractivity contribution in [3.63, 3.8) is 0 Å². The molecule has 1 saturated carbocycles. The Morgan fingerprint density at radius 3 is 2.07 bits per heavy atom. The fourth-order valence-corrected chi connectivity index (χ4v) is 7.01. The number of carbonyl (C=O) groups is 2. The molecule has 4 rings (SSSR count). The van der Waals surface area contributed by atoms with Gasteiger partial charge in [-0.2, -0.15) is 0 Å². The number of halogens is 1. The Morgan fingerprint density at radius 2 is 1.49 bits per heavy atom. The summed E-state index contributed by atoms with van der Waals surface area (Å²) in [5.41, 5.74) is 3.22. The molecule has 43 heavy (non-hydrogen) atoms. The lowest BCUT2D eigenvalue weighted by Crippen LogP contribution is -2.53. The third-order valence-electron chi connectivity index (χ3n) is 8.12. The molecule has 230 valence electrons. The molecule has 0 unspecified atom stereocenters. The summed E-state index contributed by atoms with van der Waals surface area (Å²) >= 11 is 3.45. The summed E-state index contributed by atoms with van der Waals surface area (Å²) in [4.78, 5) is 29.2. The third-order valence-corrected chi connectivity index (χ3v) is 10.4. The molecule has 9 heteroatoms. The lowest BCUT2D eigenvalue weighted by Gasteiger charge is -2.33. The number of nitrogens with zero attached hydrogens (tertiary/aromatic N) is 2. The van der Waals surface area contributed by atoms with E-state index in [1.165, 1.54) is 11.3 Å². The normalized spacial score (nSPS) is 14.7. The van der Waals surface area contributed by atoms with Gasteiger partial charge in [0.15, 0.2) is 0 Å². The number of carbonyl (C=O) groups excluding carboxylic acids is 2. The first-order chi connectivity index (χ1) is 20.5. The lowest BCUT2D eigenvalue weighted by atomic mass is 9.95. The minimum atomic E-state index is -4.10. The van der Waals surface area contributed by atoms with E-state index in [-0.39, 0.29) is 29.3 Å². The van der Waals surface area contributed by atoms with Crippen molar-refractivity contribution in [3.05, 3.63) is 94.0 Å². The fourth-order valence-electron chi connectivity index (χ4n) is 5.33. The predicted molar refractivity (Wildman–Crippen MR) is 175 cm³/mol. The minimum Gasteiger partial charge on any atom is -0.352 e. The maximum atomic E-state index is 14.2. The van der Waals surface area contributed by atoms with Crippen molar-refractivity contribution in [2.75, 3.05) is 10.8 Å². The summed E-state index contributed by atoms with van der Waals surface area (Å²) in [5, 5.41) is 3.14. The number of aryl methyl sites for hydroxylation is 1. The minimum absolute atomic E-state index is 0.0891. The van der Waals surface area contributed by atoms with Crippen molar-refractivity contribution in [2.45, 2.75) is 89.2 Å². The highest BCUT2D eigenvalue weighted by molar-refractivity contribution is 9.10. The molecule has 0 bridgehead atoms. The summed E-state index contributed by atoms with van der Waals surface area (Å²) in [7, 11) is -4.10. The number of hydrogen-bond donors (Lipinski definition) is 1. The molecule has 1 atom stereocenters. The first-order valence-corrected chi connectivity index (χ1v) is 17.2. The van der Waals surface area contributed by atoms with Crippen LogP contribution in [0.2, 0.25) is 0 Å². The topological polar surface area (TPSA) is 86.8 Å². The second-order valence-electron chi connectivity index (χ2n) is 11.7. The smallest absolute Gasteiger partial charge is 0.264 e. The summed E-state index contributed by atoms with van der Waals surface area (Å²) in [6.45, 7) is 7.45. The molecule has 0 aromatic heterocycles. The van der Waals surface area contributed by atoms with Crippen molar-refractivity contribution in [1.82, 2.24) is 10.2 Å². The van der Waals surface area contributed by atoms with Gasteiger partial charge in [0, 0.05) is 17.1 Å². The number of nitrogens with one attached hydrogen (secondary N) is 1. The summed E-state index contributed by atoms with van der Waals surface area (Å²) in [6.07, 6.45) is 5.16. The lowest BCUT2D eigenvalue weighted by molar-refractivity contribution is -0.139. The van der Waals surface area contributed by atoms with Gasteiger partial charge < -0.3 is 10.2 Å². The van der Waals surface area contributed by atoms with Gasteiger partial charge in [-0.25, -0.2) is 8.42 Å². The van der Waals surface area contributed by atoms with Crippen molar-refractivity contribution in [2.24, 2.45) is 0 Å². The van der Waals surface area contributed by atoms with E-state index in [0.29, 0.717) is 5.69 Å². The van der Waals surface area contributed by atoms with Crippen LogP contribution < -0.4 is 9.62 Å². The first kappa shape index (κ1) is 32.7. The van der Waals surface area contributed by atoms with Crippen molar-refractivity contribution in [1.29, 1.82) is 0 Å². The van der Waals surface area contributed by atoms with Gasteiger partial charge in [0.2, 0.25) is 11.8 Å². The van der Waals surface area contributed by atoms with E-state index in [9.17, 15) is 18.0 Å². The monoisotopic (exact) mass is 667 g/mol. The molecular formula is C34H42BrN3O4S. The quantitative estimate of drug-likeness (QED) is 0.240. The highest BCUT2D eigenvalue weighted by Crippen LogP contribution is 2.27. The molecule has 0 spiro atoms. The standard InChI is InChI=1S/C34H42BrN3O4S/c1-24(2)28-14-18-31(19-15-28)38(43(41,42)32-20-10-25(3)11-21-32)23-33(39)37(22-27-12-16-29(35)17-13-27)26(4)34(40)36-30-8-6-5-7-9-30/h10-21,24,26,30H,5-9,22-23H2,1-4H3,(H,36,40)/t26-/m0/s1. The van der Waals surface area contributed by atoms with Gasteiger partial charge in [-0.3, -0.25) is 13.9 Å². The molecule has 0 aliphatic heterocycles. The average molecular weight is 669 g/mol. The van der Waals surface area contributed by atoms with Crippen molar-refractivity contribution in [3.8, 4) is 0 Å². The third kappa shape index (κ3) is 8.48. The molecule has 3 aromatic carbocycles. The molecule has 3 aromatic rings. The van der Waals surface area contributed by atoms with Crippen LogP contribution in [0.25, 0.3) is 0 Å². The highest BCUT2D eigenvalue weighted by Gasteiger charge is 2.33. The molecule has 1 fully saturated rings. The van der Waals surface area contributed by atoms with Crippen LogP contribution in [0.3, 0.4) is 0 Å². The Balaban J connectivity index is 1.68. The molecule has 1 N–H and O–H groups in total. The van der Waals surface area contributed by atoms with Gasteiger partial charge in [0.25, 0.3) is 10.0 Å². The van der Waals surface area contributed by atoms with Gasteiger partial charge in [-0.05, 0) is 80.1 Å². The Morgan fingerprint density at radius 1 is 0.884 bits per heavy atom. The molecule has 2 amide bonds. The van der Waals surface area contributed by atoms with Crippen molar-refractivity contribution < 1.29 is 18.0 Å². The zero-order valence-corrected chi connectivity index (χ0v) is 27.8. The van der Waals surface area contributed by atoms with E-state index >= 15 is 0 Å². The highest BCUT2D eigenvalue weighted by atomic mass is 79.9. The summed E-state index contributed by atoms with van der Waals surface area (Å²) in [6, 6.07) is 20.7. The SMILES string of the molecule is Cc1ccc(S(=O)(=O)N(CC(=O)N(Cc2ccc(Br)cc2)[C@@H](C)C(=O)NC2CCCCC2)c2ccc(C(C)C)cc2)cc1. The zero-order valence-electron chi connectivity index (χ0n) is 25.4. The van der Waals surface area contributed by atoms with Gasteiger partial charge >= 0.3 is 0 Å². The molecule has 0 saturated heterocycles. The van der Waals surface area contributed by atoms with Crippen LogP contribution in [-0.2, 0) is 26.2 Å². The number of anilines is 1. The van der Waals surface area contributed by atoms with E-state index in [0.717, 1.165) is 51.2 Å². The van der Waals surface area contributed by atoms with Crippen LogP contribution >= 0.6 is 15.9 Å². The maximum absolute atomic E-state index is 14.2. The van der Waals surface area contributed by atoms with E-state index in [1.54, 1.807) is 43.3 Å². The molecule has 1 aliphatic rings. The number of sulfonamides is 1. The van der Waals surface area contributed by atoms with Crippen LogP contribution in [0.4, 0.5) is 5.69 Å². The van der Waals surface area contributed by atoms with Crippen LogP contribution in [0.1, 0.15) is 75.5 Å². The Bertz CT molecular complexity index is 1480. The predicted octanol–water partition coefficient (Wildman–Crippen LogP) is 6.94. The van der Waals surface area contributed by atoms with E-state index in [4.69, 9.17) is 0 Å². The number of amides is 2. The van der Waals surface area contributed by atoms with Gasteiger partial charge in [0.05, 0.1) is 10.6 Å². The fraction of sp³-hybridized carbons (Fsp3) is 0.412. The summed E-state index contributed by atoms with van der Waals surface area (Å²) < 4.78 is 30.2. The Kier molecular flexibility index (Phi) is 11.1. The molecule has 0 radical (unpaired) electrons. The first-order valence-electron chi connectivity index (χ1n) is 15.0. The molecule has 0 heterocycles. The van der Waals surface area contributed by atoms with Crippen LogP contribution in [-0.4, -0.2) is 43.8 Å². The largest absolute Gasteiger partial charge is 0.352 e. The van der Waals surface area contributed by atoms with E-state index < -0.39 is 28.5 Å². The number of hydrogen-bond acceptors (Lipinski definition) is 4. The summed E-state index contributed by atoms with van der Waals surface area (Å²) in [5.74, 6) is -0.424. The van der Waals surface area contributed by atoms with Crippen LogP contribution in [0, 0.1) is 6.92 Å². The van der Waals surface area contributed by atoms with Gasteiger partial charge in [-0.15, -0.1) is 0 Å². The van der Waals surface area contributed by atoms with Crippen LogP contribution in [0.5, 0.6) is 0 Å². The second-order valence-corrected chi connectivity index (χ2v) is 14.5.